The van der Waals surface area contributed by atoms with Crippen LogP contribution in [-0.4, -0.2) is 180 Å². The van der Waals surface area contributed by atoms with Crippen LogP contribution in [0, 0.1) is 0 Å². The van der Waals surface area contributed by atoms with E-state index < -0.39 is 171 Å². The van der Waals surface area contributed by atoms with E-state index in [0.717, 1.165) is 0 Å². The molecule has 0 rings (SSSR count). The van der Waals surface area contributed by atoms with Gasteiger partial charge in [-0.25, -0.2) is 25.3 Å². The van der Waals surface area contributed by atoms with Gasteiger partial charge in [0.1, 0.15) is 0 Å². The van der Waals surface area contributed by atoms with Crippen molar-refractivity contribution in [1.82, 2.24) is 0 Å². The molecule has 0 saturated carbocycles. The maximum atomic E-state index is 13.0. The monoisotopic (exact) mass is 1540 g/mol. The van der Waals surface area contributed by atoms with E-state index in [1.165, 1.54) is 0 Å². The van der Waals surface area contributed by atoms with Crippen LogP contribution in [0.2, 0.25) is 0 Å². The van der Waals surface area contributed by atoms with Crippen LogP contribution >= 0.6 is 0 Å². The molecule has 0 amide bonds. The van der Waals surface area contributed by atoms with Crippen LogP contribution < -0.4 is 0 Å². The van der Waals surface area contributed by atoms with Gasteiger partial charge in [-0.3, -0.25) is 0 Å². The molecule has 9 nitrogen and oxygen atoms in total. The molecular weight excluding hydrogens is 1540 g/mol. The van der Waals surface area contributed by atoms with Crippen LogP contribution in [0.3, 0.4) is 0 Å². The predicted octanol–water partition coefficient (Wildman–Crippen LogP) is 13.5. The molecule has 0 radical (unpaired) electrons. The fourth-order valence-corrected chi connectivity index (χ4v) is 5.25. The number of alkyl halides is 51. The maximum Gasteiger partial charge on any atom is 3.00 e. The summed E-state index contributed by atoms with van der Waals surface area (Å²) in [6, 6.07) is 0. The van der Waals surface area contributed by atoms with Gasteiger partial charge in [-0.15, -0.1) is 0 Å². The molecule has 88 heavy (non-hydrogen) atoms. The molecule has 0 bridgehead atoms. The van der Waals surface area contributed by atoms with Crippen LogP contribution in [0.1, 0.15) is 0 Å². The summed E-state index contributed by atoms with van der Waals surface area (Å²) in [6.07, 6.45) is -23.7. The molecule has 0 aliphatic heterocycles. The molecule has 0 spiro atoms. The van der Waals surface area contributed by atoms with Crippen molar-refractivity contribution in [3.63, 3.8) is 0 Å². The summed E-state index contributed by atoms with van der Waals surface area (Å²) in [5.74, 6) is -156. The smallest absolute Gasteiger partial charge is 0.743 e. The minimum Gasteiger partial charge on any atom is -0.743 e. The second kappa shape index (κ2) is 22.9. The number of halogens is 51. The van der Waals surface area contributed by atoms with Gasteiger partial charge in [0.05, 0.1) is 0 Å². The molecular formula is C24F51O9S3Sc. The summed E-state index contributed by atoms with van der Waals surface area (Å²) in [4.78, 5) is 0. The predicted molar refractivity (Wildman–Crippen MR) is 151 cm³/mol. The van der Waals surface area contributed by atoms with E-state index in [0.29, 0.717) is 0 Å². The average Bonchev–Trinajstić information content (AvgIpc) is 3.23. The van der Waals surface area contributed by atoms with Crippen molar-refractivity contribution in [3.8, 4) is 0 Å². The van der Waals surface area contributed by atoms with Gasteiger partial charge in [0.25, 0.3) is 0 Å². The van der Waals surface area contributed by atoms with Crippen molar-refractivity contribution in [2.75, 3.05) is 0 Å². The fraction of sp³-hybridized carbons (Fsp3) is 1.00. The zero-order valence-corrected chi connectivity index (χ0v) is 41.0. The van der Waals surface area contributed by atoms with E-state index in [1.807, 2.05) is 0 Å². The van der Waals surface area contributed by atoms with Crippen LogP contribution in [0.5, 0.6) is 0 Å². The average molecular weight is 1540 g/mol. The molecule has 0 atom stereocenters. The van der Waals surface area contributed by atoms with Gasteiger partial charge in [0.15, 0.2) is 30.4 Å². The molecule has 0 heterocycles. The maximum absolute atomic E-state index is 13.0. The molecule has 0 unspecified atom stereocenters. The first kappa shape index (κ1) is 91.4. The van der Waals surface area contributed by atoms with E-state index in [4.69, 9.17) is 0 Å². The third-order valence-corrected chi connectivity index (χ3v) is 11.7. The van der Waals surface area contributed by atoms with Gasteiger partial charge in [0, 0.05) is 0 Å². The minimum absolute atomic E-state index is 0. The van der Waals surface area contributed by atoms with Gasteiger partial charge in [0.2, 0.25) is 0 Å². The van der Waals surface area contributed by atoms with E-state index in [-0.39, 0.29) is 25.8 Å². The van der Waals surface area contributed by atoms with Crippen molar-refractivity contribution >= 4 is 30.4 Å². The topological polar surface area (TPSA) is 172 Å². The zero-order valence-electron chi connectivity index (χ0n) is 36.8. The Bertz CT molecular complexity index is 2500. The van der Waals surface area contributed by atoms with Gasteiger partial charge >= 0.3 is 167 Å². The standard InChI is InChI=1S/3C8HF17O3S.Sc/c3*9-1(10,3(13,14)5(17,18)7(21,22)23)2(11,12)4(15,16)6(19,20)8(24,25)29(26,27)28;/h3*(H,26,27,28);/q;;;+3/p-3. The Morgan fingerprint density at radius 1 is 0.148 bits per heavy atom. The minimum atomic E-state index is -8.92. The van der Waals surface area contributed by atoms with Crippen molar-refractivity contribution in [1.29, 1.82) is 0 Å². The molecule has 0 aliphatic carbocycles. The van der Waals surface area contributed by atoms with Gasteiger partial charge < -0.3 is 13.7 Å². The van der Waals surface area contributed by atoms with Crippen LogP contribution in [0.15, 0.2) is 0 Å². The molecule has 0 aliphatic rings. The summed E-state index contributed by atoms with van der Waals surface area (Å²) < 4.78 is 732. The summed E-state index contributed by atoms with van der Waals surface area (Å²) >= 11 is 0. The van der Waals surface area contributed by atoms with E-state index >= 15 is 0 Å². The quantitative estimate of drug-likeness (QED) is 0.0801. The van der Waals surface area contributed by atoms with Crippen molar-refractivity contribution in [2.24, 2.45) is 0 Å². The number of hydrogen-bond acceptors (Lipinski definition) is 9. The van der Waals surface area contributed by atoms with Crippen molar-refractivity contribution in [3.05, 3.63) is 0 Å². The largest absolute Gasteiger partial charge is 3.00 e. The van der Waals surface area contributed by atoms with E-state index in [2.05, 4.69) is 0 Å². The van der Waals surface area contributed by atoms with Crippen LogP contribution in [0.4, 0.5) is 224 Å². The first-order chi connectivity index (χ1) is 36.0. The van der Waals surface area contributed by atoms with Gasteiger partial charge in [-0.1, -0.05) is 0 Å². The van der Waals surface area contributed by atoms with Gasteiger partial charge in [-0.05, 0) is 0 Å². The third kappa shape index (κ3) is 12.3. The molecule has 528 valence electrons. The first-order valence-electron chi connectivity index (χ1n) is 17.0. The van der Waals surface area contributed by atoms with Gasteiger partial charge in [-0.2, -0.15) is 224 Å². The Labute approximate surface area is 459 Å². The Kier molecular flexibility index (Phi) is 23.8. The summed E-state index contributed by atoms with van der Waals surface area (Å²) in [6.45, 7) is 0. The number of rotatable bonds is 21. The summed E-state index contributed by atoms with van der Waals surface area (Å²) in [7, 11) is -24.4. The second-order valence-corrected chi connectivity index (χ2v) is 19.0. The fourth-order valence-electron chi connectivity index (χ4n) is 3.92. The molecule has 0 saturated heterocycles. The Morgan fingerprint density at radius 3 is 0.284 bits per heavy atom. The molecule has 0 N–H and O–H groups in total. The Hall–Kier alpha value is -2.97. The Morgan fingerprint density at radius 2 is 0.216 bits per heavy atom. The van der Waals surface area contributed by atoms with Crippen molar-refractivity contribution in [2.45, 2.75) is 141 Å². The molecule has 0 fully saturated rings. The first-order valence-corrected chi connectivity index (χ1v) is 21.2. The second-order valence-electron chi connectivity index (χ2n) is 14.7. The summed E-state index contributed by atoms with van der Waals surface area (Å²) in [5, 5.41) is -23.9. The molecule has 0 aromatic heterocycles. The van der Waals surface area contributed by atoms with Crippen LogP contribution in [-0.2, 0) is 56.2 Å². The Balaban J connectivity index is -0.000000598. The molecule has 64 heteroatoms. The summed E-state index contributed by atoms with van der Waals surface area (Å²) in [5.41, 5.74) is 0. The normalized spacial score (nSPS) is 16.7. The van der Waals surface area contributed by atoms with E-state index in [9.17, 15) is 263 Å². The molecule has 0 aromatic rings. The third-order valence-electron chi connectivity index (χ3n) is 9.02. The molecule has 0 aromatic carbocycles. The zero-order chi connectivity index (χ0) is 73.5. The number of hydrogen-bond donors (Lipinski definition) is 0. The van der Waals surface area contributed by atoms with Crippen molar-refractivity contribution < 1.29 is 289 Å². The van der Waals surface area contributed by atoms with E-state index in [1.54, 1.807) is 0 Å². The SMILES string of the molecule is O=S(=O)([O-])C(F)(F)C(F)(F)C(F)(F)C(F)(F)C(F)(F)C(F)(F)C(F)(F)C(F)(F)F.O=S(=O)([O-])C(F)(F)C(F)(F)C(F)(F)C(F)(F)C(F)(F)C(F)(F)C(F)(F)C(F)(F)F.O=S(=O)([O-])C(F)(F)C(F)(F)C(F)(F)C(F)(F)C(F)(F)C(F)(F)C(F)(F)C(F)(F)F.[Sc+3]. The van der Waals surface area contributed by atoms with Crippen LogP contribution in [0.25, 0.3) is 0 Å².